The average molecular weight is 331 g/mol. The third kappa shape index (κ3) is 4.53. The largest absolute Gasteiger partial charge is 0.341 e. The van der Waals surface area contributed by atoms with Gasteiger partial charge in [-0.15, -0.1) is 23.7 Å². The second kappa shape index (κ2) is 7.92. The van der Waals surface area contributed by atoms with Gasteiger partial charge in [-0.3, -0.25) is 9.59 Å². The van der Waals surface area contributed by atoms with Crippen molar-refractivity contribution in [3.8, 4) is 0 Å². The Morgan fingerprint density at radius 2 is 2.10 bits per heavy atom. The van der Waals surface area contributed by atoms with Gasteiger partial charge in [0, 0.05) is 47.8 Å². The molecule has 1 N–H and O–H groups in total. The molecular weight excluding hydrogens is 308 g/mol. The lowest BCUT2D eigenvalue weighted by Crippen LogP contribution is -2.38. The van der Waals surface area contributed by atoms with Gasteiger partial charge in [0.1, 0.15) is 0 Å². The average Bonchev–Trinajstić information content (AvgIpc) is 3.04. The maximum absolute atomic E-state index is 12.2. The molecule has 1 amide bonds. The van der Waals surface area contributed by atoms with Crippen molar-refractivity contribution in [1.82, 2.24) is 10.2 Å². The fraction of sp³-hybridized carbons (Fsp3) is 0.600. The van der Waals surface area contributed by atoms with Crippen LogP contribution >= 0.6 is 23.7 Å². The predicted molar refractivity (Wildman–Crippen MR) is 88.7 cm³/mol. The number of carbonyl (C=O) groups excluding carboxylic acids is 2. The van der Waals surface area contributed by atoms with Gasteiger partial charge in [0.05, 0.1) is 0 Å². The molecule has 0 radical (unpaired) electrons. The Morgan fingerprint density at radius 1 is 1.38 bits per heavy atom. The first-order valence-corrected chi connectivity index (χ1v) is 7.87. The first-order valence-electron chi connectivity index (χ1n) is 7.05. The van der Waals surface area contributed by atoms with Crippen LogP contribution in [0.3, 0.4) is 0 Å². The lowest BCUT2D eigenvalue weighted by Gasteiger charge is -2.23. The molecule has 1 unspecified atom stereocenters. The summed E-state index contributed by atoms with van der Waals surface area (Å²) < 4.78 is 0. The summed E-state index contributed by atoms with van der Waals surface area (Å²) >= 11 is 1.63. The lowest BCUT2D eigenvalue weighted by molar-refractivity contribution is -0.131. The summed E-state index contributed by atoms with van der Waals surface area (Å²) in [4.78, 5) is 28.2. The van der Waals surface area contributed by atoms with Gasteiger partial charge >= 0.3 is 0 Å². The Hall–Kier alpha value is -0.910. The smallest absolute Gasteiger partial charge is 0.223 e. The number of thiophene rings is 1. The van der Waals surface area contributed by atoms with E-state index in [-0.39, 0.29) is 30.1 Å². The van der Waals surface area contributed by atoms with Crippen LogP contribution in [0.25, 0.3) is 0 Å². The van der Waals surface area contributed by atoms with E-state index < -0.39 is 0 Å². The van der Waals surface area contributed by atoms with Crippen molar-refractivity contribution in [3.63, 3.8) is 0 Å². The van der Waals surface area contributed by atoms with Crippen molar-refractivity contribution >= 4 is 35.4 Å². The number of carbonyl (C=O) groups is 2. The molecule has 2 heterocycles. The first-order chi connectivity index (χ1) is 9.49. The van der Waals surface area contributed by atoms with E-state index in [1.54, 1.807) is 16.2 Å². The molecule has 0 aromatic carbocycles. The molecule has 4 nitrogen and oxygen atoms in total. The summed E-state index contributed by atoms with van der Waals surface area (Å²) in [7, 11) is 1.84. The van der Waals surface area contributed by atoms with Crippen LogP contribution < -0.4 is 5.32 Å². The van der Waals surface area contributed by atoms with E-state index in [1.165, 1.54) is 0 Å². The van der Waals surface area contributed by atoms with Gasteiger partial charge < -0.3 is 10.2 Å². The number of amides is 1. The summed E-state index contributed by atoms with van der Waals surface area (Å²) in [6, 6.07) is 2.21. The van der Waals surface area contributed by atoms with E-state index in [0.717, 1.165) is 34.8 Å². The summed E-state index contributed by atoms with van der Waals surface area (Å²) in [5.41, 5.74) is 0.783. The van der Waals surface area contributed by atoms with Crippen molar-refractivity contribution in [2.45, 2.75) is 39.2 Å². The maximum Gasteiger partial charge on any atom is 0.223 e. The highest BCUT2D eigenvalue weighted by molar-refractivity contribution is 7.12. The summed E-state index contributed by atoms with van der Waals surface area (Å²) in [5.74, 6) is 0.148. The Kier molecular flexibility index (Phi) is 6.84. The summed E-state index contributed by atoms with van der Waals surface area (Å²) in [6.07, 6.45) is 1.61. The zero-order valence-corrected chi connectivity index (χ0v) is 14.4. The molecule has 1 aromatic heterocycles. The minimum absolute atomic E-state index is 0. The molecule has 6 heteroatoms. The molecule has 1 fully saturated rings. The van der Waals surface area contributed by atoms with Crippen LogP contribution in [0.4, 0.5) is 0 Å². The molecule has 1 aliphatic heterocycles. The molecule has 1 aliphatic rings. The fourth-order valence-electron chi connectivity index (χ4n) is 2.61. The van der Waals surface area contributed by atoms with E-state index in [1.807, 2.05) is 27.0 Å². The Labute approximate surface area is 136 Å². The lowest BCUT2D eigenvalue weighted by atomic mass is 10.1. The minimum atomic E-state index is 0. The highest BCUT2D eigenvalue weighted by atomic mass is 35.5. The van der Waals surface area contributed by atoms with Crippen LogP contribution in [0, 0.1) is 13.8 Å². The van der Waals surface area contributed by atoms with Crippen LogP contribution in [0.2, 0.25) is 0 Å². The number of halogens is 1. The van der Waals surface area contributed by atoms with Crippen LogP contribution in [0.15, 0.2) is 6.07 Å². The van der Waals surface area contributed by atoms with Crippen molar-refractivity contribution < 1.29 is 9.59 Å². The monoisotopic (exact) mass is 330 g/mol. The standard InChI is InChI=1S/C15H22N2O2S.ClH/c1-10-8-13(11(2)20-10)14(18)4-5-15(19)17(3)12-6-7-16-9-12;/h8,12,16H,4-7,9H2,1-3H3;1H. The molecule has 1 aromatic rings. The minimum Gasteiger partial charge on any atom is -0.341 e. The Bertz CT molecular complexity index is 510. The Morgan fingerprint density at radius 3 is 2.62 bits per heavy atom. The summed E-state index contributed by atoms with van der Waals surface area (Å²) in [6.45, 7) is 5.79. The number of hydrogen-bond donors (Lipinski definition) is 1. The fourth-order valence-corrected chi connectivity index (χ4v) is 3.56. The highest BCUT2D eigenvalue weighted by Crippen LogP contribution is 2.22. The highest BCUT2D eigenvalue weighted by Gasteiger charge is 2.23. The molecule has 118 valence electrons. The number of aryl methyl sites for hydroxylation is 2. The second-order valence-corrected chi connectivity index (χ2v) is 6.86. The maximum atomic E-state index is 12.2. The van der Waals surface area contributed by atoms with Crippen LogP contribution in [-0.4, -0.2) is 42.8 Å². The number of likely N-dealkylation sites (N-methyl/N-ethyl adjacent to an activating group) is 1. The van der Waals surface area contributed by atoms with E-state index in [2.05, 4.69) is 5.32 Å². The number of nitrogens with zero attached hydrogens (tertiary/aromatic N) is 1. The van der Waals surface area contributed by atoms with Crippen molar-refractivity contribution in [2.24, 2.45) is 0 Å². The zero-order valence-electron chi connectivity index (χ0n) is 12.8. The molecule has 2 rings (SSSR count). The van der Waals surface area contributed by atoms with E-state index >= 15 is 0 Å². The molecular formula is C15H23ClN2O2S. The second-order valence-electron chi connectivity index (χ2n) is 5.40. The van der Waals surface area contributed by atoms with Crippen LogP contribution in [0.5, 0.6) is 0 Å². The summed E-state index contributed by atoms with van der Waals surface area (Å²) in [5, 5.41) is 3.25. The van der Waals surface area contributed by atoms with Crippen molar-refractivity contribution in [2.75, 3.05) is 20.1 Å². The van der Waals surface area contributed by atoms with Crippen molar-refractivity contribution in [3.05, 3.63) is 21.4 Å². The quantitative estimate of drug-likeness (QED) is 0.844. The first kappa shape index (κ1) is 18.1. The van der Waals surface area contributed by atoms with Gasteiger partial charge in [-0.1, -0.05) is 0 Å². The van der Waals surface area contributed by atoms with Gasteiger partial charge in [0.25, 0.3) is 0 Å². The van der Waals surface area contributed by atoms with Gasteiger partial charge in [-0.25, -0.2) is 0 Å². The van der Waals surface area contributed by atoms with E-state index in [9.17, 15) is 9.59 Å². The normalized spacial score (nSPS) is 17.4. The van der Waals surface area contributed by atoms with E-state index in [0.29, 0.717) is 12.8 Å². The molecule has 0 aliphatic carbocycles. The SMILES string of the molecule is Cc1cc(C(=O)CCC(=O)N(C)C2CCNC2)c(C)s1.Cl. The third-order valence-corrected chi connectivity index (χ3v) is 4.85. The molecule has 1 saturated heterocycles. The van der Waals surface area contributed by atoms with Gasteiger partial charge in [0.15, 0.2) is 5.78 Å². The number of nitrogens with one attached hydrogen (secondary N) is 1. The van der Waals surface area contributed by atoms with Gasteiger partial charge in [-0.2, -0.15) is 0 Å². The van der Waals surface area contributed by atoms with Crippen LogP contribution in [-0.2, 0) is 4.79 Å². The number of Topliss-reactive ketones (excluding diaryl/α,β-unsaturated/α-hetero) is 1. The third-order valence-electron chi connectivity index (χ3n) is 3.88. The molecule has 21 heavy (non-hydrogen) atoms. The topological polar surface area (TPSA) is 49.4 Å². The molecule has 0 bridgehead atoms. The Balaban J connectivity index is 0.00000220. The molecule has 0 spiro atoms. The molecule has 0 saturated carbocycles. The van der Waals surface area contributed by atoms with Crippen LogP contribution in [0.1, 0.15) is 39.4 Å². The number of ketones is 1. The number of hydrogen-bond acceptors (Lipinski definition) is 4. The van der Waals surface area contributed by atoms with Crippen molar-refractivity contribution in [1.29, 1.82) is 0 Å². The number of rotatable bonds is 5. The van der Waals surface area contributed by atoms with E-state index in [4.69, 9.17) is 0 Å². The predicted octanol–water partition coefficient (Wildman–Crippen LogP) is 2.57. The van der Waals surface area contributed by atoms with Gasteiger partial charge in [-0.05, 0) is 32.9 Å². The van der Waals surface area contributed by atoms with Gasteiger partial charge in [0.2, 0.25) is 5.91 Å². The molecule has 1 atom stereocenters. The zero-order chi connectivity index (χ0) is 14.7.